The van der Waals surface area contributed by atoms with Gasteiger partial charge in [-0.25, -0.2) is 9.18 Å². The van der Waals surface area contributed by atoms with E-state index in [1.807, 2.05) is 29.2 Å². The summed E-state index contributed by atoms with van der Waals surface area (Å²) in [6.45, 7) is 3.20. The van der Waals surface area contributed by atoms with Crippen LogP contribution < -0.4 is 10.1 Å². The molecular formula is C26H30FN3O3. The molecule has 1 aliphatic rings. The Hall–Kier alpha value is -3.32. The topological polar surface area (TPSA) is 58.0 Å². The van der Waals surface area contributed by atoms with E-state index in [9.17, 15) is 9.18 Å². The Morgan fingerprint density at radius 3 is 2.61 bits per heavy atom. The van der Waals surface area contributed by atoms with Crippen molar-refractivity contribution < 1.29 is 18.3 Å². The molecule has 7 heteroatoms. The summed E-state index contributed by atoms with van der Waals surface area (Å²) >= 11 is 0. The molecule has 0 radical (unpaired) electrons. The number of hydrogen-bond donors (Lipinski definition) is 1. The van der Waals surface area contributed by atoms with Gasteiger partial charge in [0.2, 0.25) is 0 Å². The Kier molecular flexibility index (Phi) is 7.62. The summed E-state index contributed by atoms with van der Waals surface area (Å²) in [5.41, 5.74) is 1.73. The molecule has 2 amide bonds. The molecule has 2 heterocycles. The van der Waals surface area contributed by atoms with Gasteiger partial charge in [0.05, 0.1) is 19.9 Å². The minimum absolute atomic E-state index is 0.0842. The van der Waals surface area contributed by atoms with Crippen LogP contribution in [0.5, 0.6) is 5.75 Å². The minimum Gasteiger partial charge on any atom is -0.497 e. The Balaban J connectivity index is 1.34. The predicted octanol–water partition coefficient (Wildman–Crippen LogP) is 5.17. The van der Waals surface area contributed by atoms with Crippen molar-refractivity contribution in [1.82, 2.24) is 9.80 Å². The van der Waals surface area contributed by atoms with Gasteiger partial charge in [-0.3, -0.25) is 0 Å². The number of carbonyl (C=O) groups excluding carboxylic acids is 1. The first-order chi connectivity index (χ1) is 16.1. The fraction of sp³-hybridized carbons (Fsp3) is 0.346. The van der Waals surface area contributed by atoms with Crippen LogP contribution in [0.4, 0.5) is 14.9 Å². The van der Waals surface area contributed by atoms with Crippen LogP contribution in [0.2, 0.25) is 0 Å². The van der Waals surface area contributed by atoms with E-state index in [-0.39, 0.29) is 17.9 Å². The Labute approximate surface area is 193 Å². The van der Waals surface area contributed by atoms with Crippen molar-refractivity contribution in [1.29, 1.82) is 0 Å². The predicted molar refractivity (Wildman–Crippen MR) is 126 cm³/mol. The lowest BCUT2D eigenvalue weighted by molar-refractivity contribution is 0.119. The van der Waals surface area contributed by atoms with Crippen molar-refractivity contribution >= 4 is 11.7 Å². The molecule has 1 aromatic heterocycles. The lowest BCUT2D eigenvalue weighted by Gasteiger charge is -2.38. The number of rotatable bonds is 8. The average Bonchev–Trinajstić information content (AvgIpc) is 3.35. The maximum atomic E-state index is 13.6. The summed E-state index contributed by atoms with van der Waals surface area (Å²) in [7, 11) is 1.67. The third-order valence-corrected chi connectivity index (χ3v) is 6.12. The molecule has 0 aliphatic carbocycles. The van der Waals surface area contributed by atoms with Crippen LogP contribution in [-0.2, 0) is 13.0 Å². The molecule has 1 aliphatic heterocycles. The third kappa shape index (κ3) is 6.35. The first kappa shape index (κ1) is 22.9. The van der Waals surface area contributed by atoms with Gasteiger partial charge in [0.25, 0.3) is 0 Å². The SMILES string of the molecule is COc1ccc(CCN2CCC(N(Cc3ccco3)C(=O)Nc3cccc(F)c3)CC2)cc1. The third-order valence-electron chi connectivity index (χ3n) is 6.12. The van der Waals surface area contributed by atoms with Crippen molar-refractivity contribution in [2.75, 3.05) is 32.1 Å². The number of piperidine rings is 1. The van der Waals surface area contributed by atoms with Crippen LogP contribution in [0, 0.1) is 5.82 Å². The maximum Gasteiger partial charge on any atom is 0.322 e. The molecule has 1 N–H and O–H groups in total. The quantitative estimate of drug-likeness (QED) is 0.513. The molecule has 0 unspecified atom stereocenters. The minimum atomic E-state index is -0.379. The highest BCUT2D eigenvalue weighted by Crippen LogP contribution is 2.22. The highest BCUT2D eigenvalue weighted by atomic mass is 19.1. The maximum absolute atomic E-state index is 13.6. The number of ether oxygens (including phenoxy) is 1. The van der Waals surface area contributed by atoms with E-state index in [1.165, 1.54) is 17.7 Å². The lowest BCUT2D eigenvalue weighted by Crippen LogP contribution is -2.48. The second-order valence-corrected chi connectivity index (χ2v) is 8.32. The van der Waals surface area contributed by atoms with Crippen LogP contribution in [0.25, 0.3) is 0 Å². The number of hydrogen-bond acceptors (Lipinski definition) is 4. The van der Waals surface area contributed by atoms with Gasteiger partial charge >= 0.3 is 6.03 Å². The first-order valence-corrected chi connectivity index (χ1v) is 11.3. The number of furan rings is 1. The number of carbonyl (C=O) groups is 1. The summed E-state index contributed by atoms with van der Waals surface area (Å²) in [4.78, 5) is 17.4. The molecule has 33 heavy (non-hydrogen) atoms. The number of anilines is 1. The van der Waals surface area contributed by atoms with Crippen molar-refractivity contribution in [3.8, 4) is 5.75 Å². The van der Waals surface area contributed by atoms with Gasteiger partial charge in [-0.05, 0) is 67.3 Å². The molecule has 2 aromatic carbocycles. The molecule has 0 atom stereocenters. The zero-order valence-electron chi connectivity index (χ0n) is 18.9. The molecule has 4 rings (SSSR count). The summed E-state index contributed by atoms with van der Waals surface area (Å²) < 4.78 is 24.3. The largest absolute Gasteiger partial charge is 0.497 e. The number of nitrogens with one attached hydrogen (secondary N) is 1. The van der Waals surface area contributed by atoms with E-state index in [0.29, 0.717) is 12.2 Å². The summed E-state index contributed by atoms with van der Waals surface area (Å²) in [5, 5.41) is 2.84. The van der Waals surface area contributed by atoms with Gasteiger partial charge in [0, 0.05) is 31.4 Å². The Morgan fingerprint density at radius 1 is 1.15 bits per heavy atom. The van der Waals surface area contributed by atoms with Crippen LogP contribution >= 0.6 is 0 Å². The highest BCUT2D eigenvalue weighted by molar-refractivity contribution is 5.89. The standard InChI is InChI=1S/C26H30FN3O3/c1-32-24-9-7-20(8-10-24)11-14-29-15-12-23(13-16-29)30(19-25-6-3-17-33-25)26(31)28-22-5-2-4-21(27)18-22/h2-10,17-18,23H,11-16,19H2,1H3,(H,28,31). The number of benzene rings is 2. The van der Waals surface area contributed by atoms with Gasteiger partial charge in [-0.15, -0.1) is 0 Å². The van der Waals surface area contributed by atoms with Crippen molar-refractivity contribution in [2.24, 2.45) is 0 Å². The molecule has 1 saturated heterocycles. The number of nitrogens with zero attached hydrogens (tertiary/aromatic N) is 2. The number of likely N-dealkylation sites (tertiary alicyclic amines) is 1. The molecule has 3 aromatic rings. The van der Waals surface area contributed by atoms with Gasteiger partial charge in [-0.2, -0.15) is 0 Å². The van der Waals surface area contributed by atoms with Gasteiger partial charge in [-0.1, -0.05) is 18.2 Å². The fourth-order valence-electron chi connectivity index (χ4n) is 4.23. The monoisotopic (exact) mass is 451 g/mol. The van der Waals surface area contributed by atoms with Gasteiger partial charge < -0.3 is 24.3 Å². The number of methoxy groups -OCH3 is 1. The lowest BCUT2D eigenvalue weighted by atomic mass is 10.0. The van der Waals surface area contributed by atoms with Gasteiger partial charge in [0.15, 0.2) is 0 Å². The summed E-state index contributed by atoms with van der Waals surface area (Å²) in [6, 6.07) is 17.7. The second kappa shape index (κ2) is 11.0. The highest BCUT2D eigenvalue weighted by Gasteiger charge is 2.29. The smallest absolute Gasteiger partial charge is 0.322 e. The average molecular weight is 452 g/mol. The van der Waals surface area contributed by atoms with Crippen molar-refractivity contribution in [2.45, 2.75) is 31.8 Å². The molecule has 0 bridgehead atoms. The van der Waals surface area contributed by atoms with E-state index in [4.69, 9.17) is 9.15 Å². The number of urea groups is 1. The van der Waals surface area contributed by atoms with Crippen LogP contribution in [0.15, 0.2) is 71.3 Å². The molecule has 1 fully saturated rings. The molecule has 0 saturated carbocycles. The molecule has 174 valence electrons. The Bertz CT molecular complexity index is 1020. The number of amides is 2. The van der Waals surface area contributed by atoms with E-state index >= 15 is 0 Å². The van der Waals surface area contributed by atoms with Crippen LogP contribution in [0.1, 0.15) is 24.2 Å². The molecule has 0 spiro atoms. The Morgan fingerprint density at radius 2 is 1.94 bits per heavy atom. The van der Waals surface area contributed by atoms with E-state index in [1.54, 1.807) is 25.5 Å². The summed E-state index contributed by atoms with van der Waals surface area (Å²) in [6.07, 6.45) is 4.34. The first-order valence-electron chi connectivity index (χ1n) is 11.3. The van der Waals surface area contributed by atoms with Crippen molar-refractivity contribution in [3.63, 3.8) is 0 Å². The zero-order chi connectivity index (χ0) is 23.0. The van der Waals surface area contributed by atoms with Crippen LogP contribution in [-0.4, -0.2) is 48.6 Å². The van der Waals surface area contributed by atoms with Gasteiger partial charge in [0.1, 0.15) is 17.3 Å². The van der Waals surface area contributed by atoms with Crippen LogP contribution in [0.3, 0.4) is 0 Å². The van der Waals surface area contributed by atoms with E-state index in [2.05, 4.69) is 22.3 Å². The summed E-state index contributed by atoms with van der Waals surface area (Å²) in [5.74, 6) is 1.22. The molecular weight excluding hydrogens is 421 g/mol. The second-order valence-electron chi connectivity index (χ2n) is 8.32. The van der Waals surface area contributed by atoms with E-state index in [0.717, 1.165) is 50.4 Å². The zero-order valence-corrected chi connectivity index (χ0v) is 18.9. The van der Waals surface area contributed by atoms with E-state index < -0.39 is 0 Å². The normalized spacial score (nSPS) is 14.7. The molecule has 6 nitrogen and oxygen atoms in total. The fourth-order valence-corrected chi connectivity index (χ4v) is 4.23. The number of halogens is 1. The van der Waals surface area contributed by atoms with Crippen molar-refractivity contribution in [3.05, 3.63) is 84.1 Å².